The molecule has 0 aliphatic carbocycles. The van der Waals surface area contributed by atoms with E-state index in [9.17, 15) is 13.2 Å². The van der Waals surface area contributed by atoms with Gasteiger partial charge >= 0.3 is 0 Å². The van der Waals surface area contributed by atoms with Crippen LogP contribution in [-0.2, 0) is 10.0 Å². The van der Waals surface area contributed by atoms with E-state index < -0.39 is 10.0 Å². The number of sulfonamides is 1. The number of nitrogens with zero attached hydrogens (tertiary/aromatic N) is 2. The molecule has 0 aromatic heterocycles. The first-order valence-corrected chi connectivity index (χ1v) is 11.5. The Bertz CT molecular complexity index is 743. The van der Waals surface area contributed by atoms with Gasteiger partial charge in [-0.1, -0.05) is 18.6 Å². The van der Waals surface area contributed by atoms with Crippen LogP contribution in [0.1, 0.15) is 48.9 Å². The summed E-state index contributed by atoms with van der Waals surface area (Å²) in [6.45, 7) is 3.48. The molecule has 1 aromatic carbocycles. The maximum Gasteiger partial charge on any atom is 0.255 e. The monoisotopic (exact) mass is 429 g/mol. The van der Waals surface area contributed by atoms with Gasteiger partial charge in [-0.25, -0.2) is 8.42 Å². The Morgan fingerprint density at radius 1 is 1.07 bits per heavy atom. The number of likely N-dealkylation sites (tertiary alicyclic amines) is 1. The maximum atomic E-state index is 13.1. The Morgan fingerprint density at radius 2 is 1.71 bits per heavy atom. The van der Waals surface area contributed by atoms with Crippen molar-refractivity contribution in [3.8, 4) is 0 Å². The largest absolute Gasteiger partial charge is 0.339 e. The van der Waals surface area contributed by atoms with Crippen molar-refractivity contribution in [2.24, 2.45) is 5.92 Å². The van der Waals surface area contributed by atoms with Gasteiger partial charge in [-0.05, 0) is 63.7 Å². The van der Waals surface area contributed by atoms with Crippen LogP contribution in [0.4, 0.5) is 0 Å². The average Bonchev–Trinajstić information content (AvgIpc) is 2.72. The van der Waals surface area contributed by atoms with E-state index in [4.69, 9.17) is 0 Å². The van der Waals surface area contributed by atoms with Crippen LogP contribution in [0.25, 0.3) is 0 Å². The number of nitrogens with one attached hydrogen (secondary N) is 1. The molecule has 3 rings (SSSR count). The second kappa shape index (κ2) is 10.6. The van der Waals surface area contributed by atoms with E-state index in [1.807, 2.05) is 11.9 Å². The van der Waals surface area contributed by atoms with Gasteiger partial charge in [0.05, 0.1) is 10.5 Å². The zero-order valence-corrected chi connectivity index (χ0v) is 18.2. The van der Waals surface area contributed by atoms with E-state index in [2.05, 4.69) is 5.32 Å². The lowest BCUT2D eigenvalue weighted by atomic mass is 9.93. The number of rotatable bonds is 6. The molecular weight excluding hydrogens is 398 g/mol. The van der Waals surface area contributed by atoms with Gasteiger partial charge in [0.25, 0.3) is 5.91 Å². The molecular formula is C20H32ClN3O3S. The second-order valence-corrected chi connectivity index (χ2v) is 9.50. The third-order valence-corrected chi connectivity index (χ3v) is 7.71. The average molecular weight is 430 g/mol. The van der Waals surface area contributed by atoms with Gasteiger partial charge in [0.1, 0.15) is 0 Å². The van der Waals surface area contributed by atoms with E-state index in [0.29, 0.717) is 37.7 Å². The number of amides is 1. The minimum atomic E-state index is -3.62. The molecule has 2 aliphatic rings. The lowest BCUT2D eigenvalue weighted by molar-refractivity contribution is 0.0683. The summed E-state index contributed by atoms with van der Waals surface area (Å²) in [5.41, 5.74) is 0.316. The zero-order valence-electron chi connectivity index (χ0n) is 16.6. The van der Waals surface area contributed by atoms with Crippen LogP contribution in [0.5, 0.6) is 0 Å². The van der Waals surface area contributed by atoms with Crippen LogP contribution < -0.4 is 5.32 Å². The topological polar surface area (TPSA) is 69.7 Å². The molecule has 158 valence electrons. The molecule has 2 aliphatic heterocycles. The first-order valence-electron chi connectivity index (χ1n) is 10.1. The van der Waals surface area contributed by atoms with Crippen molar-refractivity contribution in [2.75, 3.05) is 39.8 Å². The Hall–Kier alpha value is -1.15. The van der Waals surface area contributed by atoms with E-state index in [1.54, 1.807) is 24.3 Å². The number of hydrogen-bond donors (Lipinski definition) is 1. The molecule has 1 aromatic rings. The van der Waals surface area contributed by atoms with Gasteiger partial charge in [-0.2, -0.15) is 4.31 Å². The molecule has 0 saturated carbocycles. The fourth-order valence-electron chi connectivity index (χ4n) is 4.06. The van der Waals surface area contributed by atoms with Crippen molar-refractivity contribution in [1.29, 1.82) is 0 Å². The summed E-state index contributed by atoms with van der Waals surface area (Å²) >= 11 is 0. The summed E-state index contributed by atoms with van der Waals surface area (Å²) in [5, 5.41) is 3.18. The Labute approximate surface area is 175 Å². The third-order valence-electron chi connectivity index (χ3n) is 5.75. The molecule has 1 N–H and O–H groups in total. The van der Waals surface area contributed by atoms with E-state index >= 15 is 0 Å². The highest BCUT2D eigenvalue weighted by Crippen LogP contribution is 2.27. The first kappa shape index (κ1) is 23.1. The van der Waals surface area contributed by atoms with Crippen LogP contribution in [0, 0.1) is 5.92 Å². The third kappa shape index (κ3) is 5.26. The van der Waals surface area contributed by atoms with E-state index in [1.165, 1.54) is 4.31 Å². The molecule has 6 nitrogen and oxygen atoms in total. The Kier molecular flexibility index (Phi) is 8.74. The highest BCUT2D eigenvalue weighted by molar-refractivity contribution is 7.89. The summed E-state index contributed by atoms with van der Waals surface area (Å²) < 4.78 is 27.8. The molecule has 1 amide bonds. The van der Waals surface area contributed by atoms with Crippen molar-refractivity contribution in [3.05, 3.63) is 29.8 Å². The molecule has 2 saturated heterocycles. The number of carbonyl (C=O) groups is 1. The molecule has 0 bridgehead atoms. The summed E-state index contributed by atoms with van der Waals surface area (Å²) in [4.78, 5) is 15.1. The standard InChI is InChI=1S/C20H31N3O3S.ClH/c1-21-12-9-17-10-15-22(16-11-17)20(24)18-7-3-4-8-19(18)27(25,26)23-13-5-2-6-14-23;/h3-4,7-8,17,21H,2,5-6,9-16H2,1H3;1H. The summed E-state index contributed by atoms with van der Waals surface area (Å²) in [6.07, 6.45) is 5.92. The van der Waals surface area contributed by atoms with Gasteiger partial charge in [-0.15, -0.1) is 12.4 Å². The van der Waals surface area contributed by atoms with Crippen molar-refractivity contribution < 1.29 is 13.2 Å². The van der Waals surface area contributed by atoms with Crippen LogP contribution in [0.15, 0.2) is 29.2 Å². The van der Waals surface area contributed by atoms with Gasteiger partial charge < -0.3 is 10.2 Å². The number of benzene rings is 1. The molecule has 0 atom stereocenters. The molecule has 0 spiro atoms. The molecule has 0 unspecified atom stereocenters. The van der Waals surface area contributed by atoms with Crippen molar-refractivity contribution in [2.45, 2.75) is 43.4 Å². The van der Waals surface area contributed by atoms with Gasteiger partial charge in [0.2, 0.25) is 10.0 Å². The van der Waals surface area contributed by atoms with Crippen LogP contribution in [0.3, 0.4) is 0 Å². The lowest BCUT2D eigenvalue weighted by Crippen LogP contribution is -2.40. The molecule has 2 fully saturated rings. The fourth-order valence-corrected chi connectivity index (χ4v) is 5.76. The maximum absolute atomic E-state index is 13.1. The summed E-state index contributed by atoms with van der Waals surface area (Å²) in [6, 6.07) is 6.70. The quantitative estimate of drug-likeness (QED) is 0.754. The van der Waals surface area contributed by atoms with Crippen molar-refractivity contribution in [1.82, 2.24) is 14.5 Å². The minimum absolute atomic E-state index is 0. The summed E-state index contributed by atoms with van der Waals surface area (Å²) in [7, 11) is -1.66. The normalized spacial score (nSPS) is 19.2. The zero-order chi connectivity index (χ0) is 19.3. The van der Waals surface area contributed by atoms with Crippen LogP contribution in [-0.4, -0.2) is 63.3 Å². The smallest absolute Gasteiger partial charge is 0.255 e. The van der Waals surface area contributed by atoms with E-state index in [-0.39, 0.29) is 23.2 Å². The minimum Gasteiger partial charge on any atom is -0.339 e. The SMILES string of the molecule is CNCCC1CCN(C(=O)c2ccccc2S(=O)(=O)N2CCCCC2)CC1.Cl. The number of carbonyl (C=O) groups excluding carboxylic acids is 1. The molecule has 2 heterocycles. The lowest BCUT2D eigenvalue weighted by Gasteiger charge is -2.33. The van der Waals surface area contributed by atoms with Gasteiger partial charge in [-0.3, -0.25) is 4.79 Å². The number of hydrogen-bond acceptors (Lipinski definition) is 4. The van der Waals surface area contributed by atoms with Gasteiger partial charge in [0, 0.05) is 26.2 Å². The van der Waals surface area contributed by atoms with Crippen LogP contribution in [0.2, 0.25) is 0 Å². The molecule has 8 heteroatoms. The highest BCUT2D eigenvalue weighted by Gasteiger charge is 2.32. The number of halogens is 1. The summed E-state index contributed by atoms with van der Waals surface area (Å²) in [5.74, 6) is 0.479. The predicted molar refractivity (Wildman–Crippen MR) is 113 cm³/mol. The van der Waals surface area contributed by atoms with Gasteiger partial charge in [0.15, 0.2) is 0 Å². The fraction of sp³-hybridized carbons (Fsp3) is 0.650. The highest BCUT2D eigenvalue weighted by atomic mass is 35.5. The number of piperidine rings is 2. The van der Waals surface area contributed by atoms with Crippen molar-refractivity contribution >= 4 is 28.3 Å². The van der Waals surface area contributed by atoms with Crippen LogP contribution >= 0.6 is 12.4 Å². The first-order chi connectivity index (χ1) is 13.0. The Morgan fingerprint density at radius 3 is 2.36 bits per heavy atom. The van der Waals surface area contributed by atoms with E-state index in [0.717, 1.165) is 45.1 Å². The molecule has 28 heavy (non-hydrogen) atoms. The van der Waals surface area contributed by atoms with Crippen molar-refractivity contribution in [3.63, 3.8) is 0 Å². The molecule has 0 radical (unpaired) electrons. The predicted octanol–water partition coefficient (Wildman–Crippen LogP) is 2.74. The second-order valence-electron chi connectivity index (χ2n) is 7.59. The Balaban J connectivity index is 0.00000280.